The summed E-state index contributed by atoms with van der Waals surface area (Å²) in [6, 6.07) is 5.64. The van der Waals surface area contributed by atoms with Crippen molar-refractivity contribution in [3.63, 3.8) is 0 Å². The largest absolute Gasteiger partial charge is 0.486 e. The summed E-state index contributed by atoms with van der Waals surface area (Å²) in [6.45, 7) is 1.66. The van der Waals surface area contributed by atoms with Crippen LogP contribution in [0.3, 0.4) is 0 Å². The Hall–Kier alpha value is -0.480. The highest BCUT2D eigenvalue weighted by atomic mass is 35.5. The highest BCUT2D eigenvalue weighted by Gasteiger charge is 2.30. The summed E-state index contributed by atoms with van der Waals surface area (Å²) in [5.41, 5.74) is 0. The summed E-state index contributed by atoms with van der Waals surface area (Å²) in [5.74, 6) is 0.694. The Labute approximate surface area is 124 Å². The Bertz CT molecular complexity index is 408. The van der Waals surface area contributed by atoms with Gasteiger partial charge in [0, 0.05) is 23.2 Å². The van der Waals surface area contributed by atoms with Gasteiger partial charge in [-0.2, -0.15) is 0 Å². The minimum absolute atomic E-state index is 0.00738. The lowest BCUT2D eigenvalue weighted by Gasteiger charge is -2.29. The number of likely N-dealkylation sites (N-methyl/N-ethyl adjacent to an activating group) is 1. The van der Waals surface area contributed by atoms with Crippen molar-refractivity contribution in [3.8, 4) is 5.75 Å². The van der Waals surface area contributed by atoms with E-state index in [1.54, 1.807) is 25.3 Å². The SMILES string of the molecule is COCC(Oc1cc(Cl)cc(Cl)c1)C1CCCN1C. The standard InChI is InChI=1S/C14H19Cl2NO2/c1-17-5-3-4-13(17)14(9-18-2)19-12-7-10(15)6-11(16)8-12/h6-8,13-14H,3-5,9H2,1-2H3. The molecule has 1 fully saturated rings. The minimum Gasteiger partial charge on any atom is -0.486 e. The zero-order chi connectivity index (χ0) is 13.8. The molecule has 5 heteroatoms. The van der Waals surface area contributed by atoms with Gasteiger partial charge in [-0.25, -0.2) is 0 Å². The molecule has 1 aromatic rings. The second-order valence-electron chi connectivity index (χ2n) is 4.91. The van der Waals surface area contributed by atoms with Gasteiger partial charge in [0.2, 0.25) is 0 Å². The molecule has 3 nitrogen and oxygen atoms in total. The predicted octanol–water partition coefficient (Wildman–Crippen LogP) is 3.48. The molecule has 0 aromatic heterocycles. The average molecular weight is 304 g/mol. The van der Waals surface area contributed by atoms with Gasteiger partial charge < -0.3 is 9.47 Å². The lowest BCUT2D eigenvalue weighted by atomic mass is 10.1. The van der Waals surface area contributed by atoms with Crippen LogP contribution in [0.25, 0.3) is 0 Å². The quantitative estimate of drug-likeness (QED) is 0.831. The van der Waals surface area contributed by atoms with E-state index in [4.69, 9.17) is 32.7 Å². The van der Waals surface area contributed by atoms with Crippen molar-refractivity contribution in [1.82, 2.24) is 4.90 Å². The van der Waals surface area contributed by atoms with Gasteiger partial charge in [0.1, 0.15) is 11.9 Å². The number of halogens is 2. The number of ether oxygens (including phenoxy) is 2. The van der Waals surface area contributed by atoms with Crippen LogP contribution in [0.5, 0.6) is 5.75 Å². The normalized spacial score (nSPS) is 21.6. The number of rotatable bonds is 5. The Balaban J connectivity index is 2.11. The zero-order valence-corrected chi connectivity index (χ0v) is 12.7. The van der Waals surface area contributed by atoms with Gasteiger partial charge in [-0.1, -0.05) is 23.2 Å². The highest BCUT2D eigenvalue weighted by molar-refractivity contribution is 6.34. The minimum atomic E-state index is -0.00738. The number of methoxy groups -OCH3 is 1. The van der Waals surface area contributed by atoms with Gasteiger partial charge in [-0.05, 0) is 44.6 Å². The van der Waals surface area contributed by atoms with Crippen LogP contribution >= 0.6 is 23.2 Å². The van der Waals surface area contributed by atoms with E-state index >= 15 is 0 Å². The summed E-state index contributed by atoms with van der Waals surface area (Å²) < 4.78 is 11.3. The molecule has 1 aromatic carbocycles. The molecule has 0 saturated carbocycles. The summed E-state index contributed by atoms with van der Waals surface area (Å²) in [7, 11) is 3.81. The molecule has 0 N–H and O–H groups in total. The van der Waals surface area contributed by atoms with Gasteiger partial charge >= 0.3 is 0 Å². The first kappa shape index (κ1) is 14.9. The molecular weight excluding hydrogens is 285 g/mol. The van der Waals surface area contributed by atoms with Crippen molar-refractivity contribution in [2.75, 3.05) is 27.3 Å². The third kappa shape index (κ3) is 3.99. The molecule has 1 saturated heterocycles. The van der Waals surface area contributed by atoms with Crippen LogP contribution in [0, 0.1) is 0 Å². The van der Waals surface area contributed by atoms with E-state index in [1.165, 1.54) is 6.42 Å². The second kappa shape index (κ2) is 6.80. The molecule has 19 heavy (non-hydrogen) atoms. The maximum absolute atomic E-state index is 6.04. The Morgan fingerprint density at radius 3 is 2.53 bits per heavy atom. The summed E-state index contributed by atoms with van der Waals surface area (Å²) in [5, 5.41) is 1.16. The number of benzene rings is 1. The van der Waals surface area contributed by atoms with Crippen molar-refractivity contribution in [2.24, 2.45) is 0 Å². The molecule has 0 radical (unpaired) electrons. The van der Waals surface area contributed by atoms with Crippen molar-refractivity contribution >= 4 is 23.2 Å². The van der Waals surface area contributed by atoms with Crippen LogP contribution in [0.1, 0.15) is 12.8 Å². The third-order valence-corrected chi connectivity index (χ3v) is 3.90. The monoisotopic (exact) mass is 303 g/mol. The first-order valence-electron chi connectivity index (χ1n) is 6.42. The molecule has 0 spiro atoms. The highest BCUT2D eigenvalue weighted by Crippen LogP contribution is 2.27. The second-order valence-corrected chi connectivity index (χ2v) is 5.78. The number of hydrogen-bond donors (Lipinski definition) is 0. The molecular formula is C14H19Cl2NO2. The first-order valence-corrected chi connectivity index (χ1v) is 7.17. The molecule has 106 valence electrons. The van der Waals surface area contributed by atoms with Gasteiger partial charge in [0.15, 0.2) is 0 Å². The molecule has 0 amide bonds. The van der Waals surface area contributed by atoms with E-state index in [0.29, 0.717) is 28.4 Å². The summed E-state index contributed by atoms with van der Waals surface area (Å²) in [4.78, 5) is 2.32. The smallest absolute Gasteiger partial charge is 0.137 e. The zero-order valence-electron chi connectivity index (χ0n) is 11.2. The maximum atomic E-state index is 6.04. The summed E-state index contributed by atoms with van der Waals surface area (Å²) in [6.07, 6.45) is 2.31. The average Bonchev–Trinajstić information content (AvgIpc) is 2.73. The topological polar surface area (TPSA) is 21.7 Å². The fourth-order valence-electron chi connectivity index (χ4n) is 2.57. The van der Waals surface area contributed by atoms with E-state index in [9.17, 15) is 0 Å². The van der Waals surface area contributed by atoms with Gasteiger partial charge in [0.25, 0.3) is 0 Å². The van der Waals surface area contributed by atoms with Crippen molar-refractivity contribution < 1.29 is 9.47 Å². The van der Waals surface area contributed by atoms with Crippen molar-refractivity contribution in [3.05, 3.63) is 28.2 Å². The van der Waals surface area contributed by atoms with Crippen LogP contribution in [-0.4, -0.2) is 44.4 Å². The molecule has 1 heterocycles. The van der Waals surface area contributed by atoms with E-state index in [0.717, 1.165) is 13.0 Å². The third-order valence-electron chi connectivity index (χ3n) is 3.46. The van der Waals surface area contributed by atoms with E-state index in [2.05, 4.69) is 11.9 Å². The van der Waals surface area contributed by atoms with Crippen LogP contribution in [0.15, 0.2) is 18.2 Å². The first-order chi connectivity index (χ1) is 9.10. The molecule has 1 aliphatic rings. The van der Waals surface area contributed by atoms with E-state index in [-0.39, 0.29) is 6.10 Å². The Morgan fingerprint density at radius 1 is 1.32 bits per heavy atom. The fraction of sp³-hybridized carbons (Fsp3) is 0.571. The Kier molecular flexibility index (Phi) is 5.34. The van der Waals surface area contributed by atoms with Crippen LogP contribution < -0.4 is 4.74 Å². The maximum Gasteiger partial charge on any atom is 0.137 e. The van der Waals surface area contributed by atoms with Crippen LogP contribution in [-0.2, 0) is 4.74 Å². The molecule has 2 unspecified atom stereocenters. The predicted molar refractivity (Wildman–Crippen MR) is 78.4 cm³/mol. The Morgan fingerprint density at radius 2 is 2.00 bits per heavy atom. The van der Waals surface area contributed by atoms with E-state index in [1.807, 2.05) is 0 Å². The lowest BCUT2D eigenvalue weighted by molar-refractivity contribution is 0.0332. The molecule has 2 rings (SSSR count). The molecule has 0 aliphatic carbocycles. The van der Waals surface area contributed by atoms with Crippen molar-refractivity contribution in [1.29, 1.82) is 0 Å². The van der Waals surface area contributed by atoms with E-state index < -0.39 is 0 Å². The number of likely N-dealkylation sites (tertiary alicyclic amines) is 1. The van der Waals surface area contributed by atoms with Gasteiger partial charge in [-0.15, -0.1) is 0 Å². The van der Waals surface area contributed by atoms with Crippen molar-refractivity contribution in [2.45, 2.75) is 25.0 Å². The van der Waals surface area contributed by atoms with Gasteiger partial charge in [-0.3, -0.25) is 4.90 Å². The van der Waals surface area contributed by atoms with Gasteiger partial charge in [0.05, 0.1) is 6.61 Å². The number of hydrogen-bond acceptors (Lipinski definition) is 3. The molecule has 1 aliphatic heterocycles. The summed E-state index contributed by atoms with van der Waals surface area (Å²) >= 11 is 12.0. The molecule has 2 atom stereocenters. The number of nitrogens with zero attached hydrogens (tertiary/aromatic N) is 1. The van der Waals surface area contributed by atoms with Crippen LogP contribution in [0.2, 0.25) is 10.0 Å². The fourth-order valence-corrected chi connectivity index (χ4v) is 3.07. The van der Waals surface area contributed by atoms with Crippen LogP contribution in [0.4, 0.5) is 0 Å². The molecule has 0 bridgehead atoms. The lowest BCUT2D eigenvalue weighted by Crippen LogP contribution is -2.42.